The normalized spacial score (nSPS) is 15.4. The zero-order chi connectivity index (χ0) is 16.8. The molecule has 0 saturated carbocycles. The predicted octanol–water partition coefficient (Wildman–Crippen LogP) is 0.734. The molecular weight excluding hydrogens is 298 g/mol. The Morgan fingerprint density at radius 1 is 1.35 bits per heavy atom. The van der Waals surface area contributed by atoms with Gasteiger partial charge in [-0.25, -0.2) is 4.79 Å². The maximum absolute atomic E-state index is 12.4. The number of rotatable bonds is 6. The van der Waals surface area contributed by atoms with Crippen LogP contribution in [0.25, 0.3) is 0 Å². The molecule has 0 spiro atoms. The number of hydrogen-bond acceptors (Lipinski definition) is 5. The number of carbonyl (C=O) groups is 2. The Bertz CT molecular complexity index is 562. The van der Waals surface area contributed by atoms with Gasteiger partial charge in [0.05, 0.1) is 25.9 Å². The summed E-state index contributed by atoms with van der Waals surface area (Å²) in [7, 11) is 1.34. The molecule has 128 valence electrons. The van der Waals surface area contributed by atoms with Gasteiger partial charge < -0.3 is 19.8 Å². The number of ether oxygens (including phenoxy) is 2. The molecule has 2 rings (SSSR count). The van der Waals surface area contributed by atoms with Gasteiger partial charge in [0.2, 0.25) is 0 Å². The zero-order valence-corrected chi connectivity index (χ0v) is 14.0. The van der Waals surface area contributed by atoms with Crippen molar-refractivity contribution in [2.75, 3.05) is 46.5 Å². The van der Waals surface area contributed by atoms with Crippen molar-refractivity contribution in [3.05, 3.63) is 22.5 Å². The van der Waals surface area contributed by atoms with Crippen molar-refractivity contribution in [1.29, 1.82) is 0 Å². The van der Waals surface area contributed by atoms with Crippen molar-refractivity contribution < 1.29 is 19.1 Å². The topological polar surface area (TPSA) is 83.7 Å². The molecule has 1 aliphatic heterocycles. The van der Waals surface area contributed by atoms with Gasteiger partial charge in [0, 0.05) is 31.9 Å². The first-order valence-electron chi connectivity index (χ1n) is 7.96. The third-order valence-electron chi connectivity index (χ3n) is 4.12. The minimum atomic E-state index is -0.414. The second-order valence-corrected chi connectivity index (χ2v) is 5.53. The number of aromatic amines is 1. The van der Waals surface area contributed by atoms with E-state index in [0.29, 0.717) is 29.8 Å². The number of amides is 1. The highest BCUT2D eigenvalue weighted by atomic mass is 16.5. The minimum Gasteiger partial charge on any atom is -0.465 e. The van der Waals surface area contributed by atoms with E-state index in [1.54, 1.807) is 6.92 Å². The third kappa shape index (κ3) is 4.11. The molecule has 0 aromatic carbocycles. The van der Waals surface area contributed by atoms with Crippen LogP contribution in [-0.2, 0) is 15.9 Å². The Labute approximate surface area is 136 Å². The van der Waals surface area contributed by atoms with E-state index in [4.69, 9.17) is 9.47 Å². The van der Waals surface area contributed by atoms with E-state index in [9.17, 15) is 9.59 Å². The number of aryl methyl sites for hydroxylation is 1. The van der Waals surface area contributed by atoms with Crippen LogP contribution in [0.15, 0.2) is 0 Å². The average Bonchev–Trinajstić information content (AvgIpc) is 2.91. The number of esters is 1. The van der Waals surface area contributed by atoms with Crippen LogP contribution in [0.1, 0.15) is 39.0 Å². The largest absolute Gasteiger partial charge is 0.465 e. The van der Waals surface area contributed by atoms with Gasteiger partial charge in [-0.15, -0.1) is 0 Å². The Balaban J connectivity index is 1.98. The molecule has 2 heterocycles. The van der Waals surface area contributed by atoms with E-state index in [1.165, 1.54) is 7.11 Å². The standard InChI is InChI=1S/C16H25N3O4/c1-4-12-13(16(21)22-3)11(2)14(18-12)15(20)17-5-6-19-7-9-23-10-8-19/h18H,4-10H2,1-3H3,(H,17,20). The molecule has 1 aliphatic rings. The van der Waals surface area contributed by atoms with E-state index >= 15 is 0 Å². The Hall–Kier alpha value is -1.86. The number of hydrogen-bond donors (Lipinski definition) is 2. The molecule has 1 aromatic heterocycles. The van der Waals surface area contributed by atoms with Gasteiger partial charge in [-0.2, -0.15) is 0 Å². The molecule has 0 radical (unpaired) electrons. The second-order valence-electron chi connectivity index (χ2n) is 5.53. The number of H-pyrrole nitrogens is 1. The lowest BCUT2D eigenvalue weighted by Crippen LogP contribution is -2.41. The fraction of sp³-hybridized carbons (Fsp3) is 0.625. The molecule has 1 amide bonds. The first-order valence-corrected chi connectivity index (χ1v) is 7.96. The summed E-state index contributed by atoms with van der Waals surface area (Å²) in [5, 5.41) is 2.90. The first-order chi connectivity index (χ1) is 11.1. The van der Waals surface area contributed by atoms with Gasteiger partial charge in [-0.1, -0.05) is 6.92 Å². The molecule has 1 aromatic rings. The summed E-state index contributed by atoms with van der Waals surface area (Å²) in [4.78, 5) is 29.5. The van der Waals surface area contributed by atoms with Crippen LogP contribution in [0.2, 0.25) is 0 Å². The number of nitrogens with zero attached hydrogens (tertiary/aromatic N) is 1. The SMILES string of the molecule is CCc1[nH]c(C(=O)NCCN2CCOCC2)c(C)c1C(=O)OC. The summed E-state index contributed by atoms with van der Waals surface area (Å²) < 4.78 is 10.1. The quantitative estimate of drug-likeness (QED) is 0.754. The molecule has 7 nitrogen and oxygen atoms in total. The van der Waals surface area contributed by atoms with Crippen LogP contribution in [0, 0.1) is 6.92 Å². The van der Waals surface area contributed by atoms with E-state index in [0.717, 1.165) is 38.5 Å². The summed E-state index contributed by atoms with van der Waals surface area (Å²) in [5.41, 5.74) is 2.27. The van der Waals surface area contributed by atoms with Crippen LogP contribution in [0.3, 0.4) is 0 Å². The second kappa shape index (κ2) is 8.12. The minimum absolute atomic E-state index is 0.194. The van der Waals surface area contributed by atoms with Crippen LogP contribution in [0.4, 0.5) is 0 Å². The molecule has 23 heavy (non-hydrogen) atoms. The lowest BCUT2D eigenvalue weighted by Gasteiger charge is -2.26. The van der Waals surface area contributed by atoms with Crippen LogP contribution in [-0.4, -0.2) is 68.3 Å². The number of aromatic nitrogens is 1. The van der Waals surface area contributed by atoms with Gasteiger partial charge in [-0.3, -0.25) is 9.69 Å². The highest BCUT2D eigenvalue weighted by molar-refractivity contribution is 6.00. The summed E-state index contributed by atoms with van der Waals surface area (Å²) in [5.74, 6) is -0.608. The molecule has 0 aliphatic carbocycles. The molecule has 1 fully saturated rings. The maximum atomic E-state index is 12.4. The number of methoxy groups -OCH3 is 1. The van der Waals surface area contributed by atoms with Gasteiger partial charge in [0.1, 0.15) is 5.69 Å². The maximum Gasteiger partial charge on any atom is 0.339 e. The van der Waals surface area contributed by atoms with Gasteiger partial charge in [0.25, 0.3) is 5.91 Å². The van der Waals surface area contributed by atoms with Crippen molar-refractivity contribution in [3.8, 4) is 0 Å². The summed E-state index contributed by atoms with van der Waals surface area (Å²) in [6, 6.07) is 0. The number of morpholine rings is 1. The number of nitrogens with one attached hydrogen (secondary N) is 2. The smallest absolute Gasteiger partial charge is 0.339 e. The van der Waals surface area contributed by atoms with Crippen molar-refractivity contribution in [2.24, 2.45) is 0 Å². The predicted molar refractivity (Wildman–Crippen MR) is 85.8 cm³/mol. The average molecular weight is 323 g/mol. The van der Waals surface area contributed by atoms with Crippen molar-refractivity contribution >= 4 is 11.9 Å². The van der Waals surface area contributed by atoms with Crippen LogP contribution < -0.4 is 5.32 Å². The van der Waals surface area contributed by atoms with Gasteiger partial charge in [-0.05, 0) is 18.9 Å². The molecule has 1 saturated heterocycles. The summed E-state index contributed by atoms with van der Waals surface area (Å²) in [6.45, 7) is 8.31. The summed E-state index contributed by atoms with van der Waals surface area (Å²) >= 11 is 0. The molecule has 2 N–H and O–H groups in total. The molecule has 0 bridgehead atoms. The van der Waals surface area contributed by atoms with Crippen molar-refractivity contribution in [3.63, 3.8) is 0 Å². The summed E-state index contributed by atoms with van der Waals surface area (Å²) in [6.07, 6.45) is 0.631. The highest BCUT2D eigenvalue weighted by Crippen LogP contribution is 2.20. The fourth-order valence-electron chi connectivity index (χ4n) is 2.77. The highest BCUT2D eigenvalue weighted by Gasteiger charge is 2.23. The molecular formula is C16H25N3O4. The van der Waals surface area contributed by atoms with E-state index in [2.05, 4.69) is 15.2 Å². The lowest BCUT2D eigenvalue weighted by atomic mass is 10.1. The van der Waals surface area contributed by atoms with Crippen molar-refractivity contribution in [2.45, 2.75) is 20.3 Å². The first kappa shape index (κ1) is 17.5. The van der Waals surface area contributed by atoms with Crippen LogP contribution in [0.5, 0.6) is 0 Å². The van der Waals surface area contributed by atoms with E-state index in [1.807, 2.05) is 6.92 Å². The number of carbonyl (C=O) groups excluding carboxylic acids is 2. The lowest BCUT2D eigenvalue weighted by molar-refractivity contribution is 0.0383. The fourth-order valence-corrected chi connectivity index (χ4v) is 2.77. The van der Waals surface area contributed by atoms with Crippen LogP contribution >= 0.6 is 0 Å². The van der Waals surface area contributed by atoms with Crippen molar-refractivity contribution in [1.82, 2.24) is 15.2 Å². The van der Waals surface area contributed by atoms with Gasteiger partial charge in [0.15, 0.2) is 0 Å². The van der Waals surface area contributed by atoms with E-state index < -0.39 is 5.97 Å². The monoisotopic (exact) mass is 323 g/mol. The van der Waals surface area contributed by atoms with E-state index in [-0.39, 0.29) is 5.91 Å². The molecule has 0 unspecified atom stereocenters. The third-order valence-corrected chi connectivity index (χ3v) is 4.12. The Morgan fingerprint density at radius 3 is 2.65 bits per heavy atom. The molecule has 7 heteroatoms. The molecule has 0 atom stereocenters. The Morgan fingerprint density at radius 2 is 2.04 bits per heavy atom. The zero-order valence-electron chi connectivity index (χ0n) is 14.0. The van der Waals surface area contributed by atoms with Gasteiger partial charge >= 0.3 is 5.97 Å². The Kier molecular flexibility index (Phi) is 6.18.